The van der Waals surface area contributed by atoms with Gasteiger partial charge in [-0.2, -0.15) is 0 Å². The Bertz CT molecular complexity index is 768. The van der Waals surface area contributed by atoms with Crippen LogP contribution < -0.4 is 0 Å². The first kappa shape index (κ1) is 20.4. The number of unbranched alkanes of at least 4 members (excludes halogenated alkanes) is 2. The number of hydrogen-bond donors (Lipinski definition) is 1. The van der Waals surface area contributed by atoms with E-state index in [2.05, 4.69) is 11.0 Å². The largest absolute Gasteiger partial charge is 0.508 e. The number of amides is 2. The number of aromatic hydroxyl groups is 1. The molecular weight excluding hydrogens is 364 g/mol. The van der Waals surface area contributed by atoms with Gasteiger partial charge in [0.15, 0.2) is 0 Å². The quantitative estimate of drug-likeness (QED) is 0.584. The number of phenols is 1. The summed E-state index contributed by atoms with van der Waals surface area (Å²) in [6.07, 6.45) is 7.28. The van der Waals surface area contributed by atoms with Crippen LogP contribution in [0.1, 0.15) is 75.8 Å². The number of carbonyl (C=O) groups excluding carboxylic acids is 2. The van der Waals surface area contributed by atoms with Crippen molar-refractivity contribution in [1.82, 2.24) is 9.80 Å². The summed E-state index contributed by atoms with van der Waals surface area (Å²) in [4.78, 5) is 28.6. The maximum Gasteiger partial charge on any atom is 0.229 e. The molecule has 0 saturated carbocycles. The fraction of sp³-hybridized carbons (Fsp3) is 0.667. The summed E-state index contributed by atoms with van der Waals surface area (Å²) in [6.45, 7) is 6.78. The molecular formula is C24H34N2O3. The Balaban J connectivity index is 1.22. The molecule has 0 bridgehead atoms. The lowest BCUT2D eigenvalue weighted by Gasteiger charge is -2.35. The predicted octanol–water partition coefficient (Wildman–Crippen LogP) is 3.84. The molecule has 2 atom stereocenters. The number of nitrogens with zero attached hydrogens (tertiary/aromatic N) is 2. The molecule has 1 N–H and O–H groups in total. The van der Waals surface area contributed by atoms with E-state index in [1.807, 2.05) is 26.0 Å². The number of phenolic OH excluding ortho intramolecular Hbond substituents is 1. The monoisotopic (exact) mass is 398 g/mol. The van der Waals surface area contributed by atoms with Crippen LogP contribution in [0.15, 0.2) is 18.2 Å². The van der Waals surface area contributed by atoms with Crippen molar-refractivity contribution in [3.63, 3.8) is 0 Å². The van der Waals surface area contributed by atoms with E-state index in [1.165, 1.54) is 16.9 Å². The fourth-order valence-electron chi connectivity index (χ4n) is 5.67. The average molecular weight is 399 g/mol. The van der Waals surface area contributed by atoms with E-state index in [-0.39, 0.29) is 17.2 Å². The van der Waals surface area contributed by atoms with Crippen LogP contribution in [-0.4, -0.2) is 52.4 Å². The molecule has 2 fully saturated rings. The molecule has 2 aliphatic heterocycles. The molecule has 29 heavy (non-hydrogen) atoms. The van der Waals surface area contributed by atoms with Gasteiger partial charge in [0.25, 0.3) is 0 Å². The fourth-order valence-corrected chi connectivity index (χ4v) is 5.67. The van der Waals surface area contributed by atoms with Gasteiger partial charge >= 0.3 is 0 Å². The minimum Gasteiger partial charge on any atom is -0.508 e. The number of benzene rings is 1. The second-order valence-corrected chi connectivity index (χ2v) is 9.90. The molecule has 5 heteroatoms. The first-order chi connectivity index (χ1) is 13.9. The summed E-state index contributed by atoms with van der Waals surface area (Å²) in [5, 5.41) is 10.2. The number of fused-ring (bicyclic) bond motifs is 3. The van der Waals surface area contributed by atoms with Gasteiger partial charge in [0.05, 0.1) is 0 Å². The molecule has 0 spiro atoms. The highest BCUT2D eigenvalue weighted by Crippen LogP contribution is 2.43. The SMILES string of the molecule is CC1(C)CC(=O)N(CCCCCN2CC[C@H]3c4cccc(O)c4CC[C@H]32)C(=O)C1. The van der Waals surface area contributed by atoms with Gasteiger partial charge < -0.3 is 5.11 Å². The van der Waals surface area contributed by atoms with Crippen molar-refractivity contribution in [2.24, 2.45) is 5.41 Å². The zero-order valence-electron chi connectivity index (χ0n) is 17.8. The van der Waals surface area contributed by atoms with Crippen molar-refractivity contribution >= 4 is 11.8 Å². The Hall–Kier alpha value is -1.88. The molecule has 0 radical (unpaired) electrons. The summed E-state index contributed by atoms with van der Waals surface area (Å²) >= 11 is 0. The minimum absolute atomic E-state index is 0.00208. The first-order valence-electron chi connectivity index (χ1n) is 11.2. The summed E-state index contributed by atoms with van der Waals surface area (Å²) in [5.41, 5.74) is 2.33. The van der Waals surface area contributed by atoms with Gasteiger partial charge in [-0.15, -0.1) is 0 Å². The molecule has 1 aromatic carbocycles. The number of piperidine rings is 1. The van der Waals surface area contributed by atoms with Crippen LogP contribution in [0.2, 0.25) is 0 Å². The van der Waals surface area contributed by atoms with Crippen LogP contribution >= 0.6 is 0 Å². The summed E-state index contributed by atoms with van der Waals surface area (Å²) in [7, 11) is 0. The van der Waals surface area contributed by atoms with Gasteiger partial charge in [-0.3, -0.25) is 19.4 Å². The second kappa shape index (κ2) is 8.10. The van der Waals surface area contributed by atoms with Gasteiger partial charge in [0.2, 0.25) is 11.8 Å². The molecule has 1 aliphatic carbocycles. The maximum absolute atomic E-state index is 12.3. The Kier molecular flexibility index (Phi) is 5.69. The van der Waals surface area contributed by atoms with E-state index >= 15 is 0 Å². The minimum atomic E-state index is -0.188. The van der Waals surface area contributed by atoms with Crippen molar-refractivity contribution in [2.45, 2.75) is 77.2 Å². The van der Waals surface area contributed by atoms with Crippen molar-refractivity contribution in [1.29, 1.82) is 0 Å². The zero-order chi connectivity index (χ0) is 20.6. The van der Waals surface area contributed by atoms with E-state index in [1.54, 1.807) is 0 Å². The van der Waals surface area contributed by atoms with Gasteiger partial charge in [-0.05, 0) is 67.8 Å². The first-order valence-corrected chi connectivity index (χ1v) is 11.2. The molecule has 2 heterocycles. The highest BCUT2D eigenvalue weighted by atomic mass is 16.3. The average Bonchev–Trinajstić information content (AvgIpc) is 3.06. The molecule has 4 rings (SSSR count). The van der Waals surface area contributed by atoms with Crippen molar-refractivity contribution in [3.05, 3.63) is 29.3 Å². The number of hydrogen-bond acceptors (Lipinski definition) is 4. The Morgan fingerprint density at radius 1 is 1.03 bits per heavy atom. The third-order valence-electron chi connectivity index (χ3n) is 7.13. The molecule has 0 aromatic heterocycles. The topological polar surface area (TPSA) is 60.9 Å². The van der Waals surface area contributed by atoms with Gasteiger partial charge in [-0.25, -0.2) is 0 Å². The molecule has 2 amide bonds. The standard InChI is InChI=1S/C24H34N2O3/c1-24(2)15-22(28)26(23(29)16-24)13-5-3-4-12-25-14-11-18-17-7-6-8-21(27)19(17)9-10-20(18)25/h6-8,18,20,27H,3-5,9-16H2,1-2H3/t18-,20+/m0/s1. The zero-order valence-corrected chi connectivity index (χ0v) is 17.8. The number of imide groups is 1. The van der Waals surface area contributed by atoms with E-state index < -0.39 is 0 Å². The number of carbonyl (C=O) groups is 2. The van der Waals surface area contributed by atoms with Gasteiger partial charge in [-0.1, -0.05) is 32.4 Å². The molecule has 2 saturated heterocycles. The Morgan fingerprint density at radius 3 is 2.52 bits per heavy atom. The lowest BCUT2D eigenvalue weighted by Crippen LogP contribution is -2.46. The van der Waals surface area contributed by atoms with E-state index in [4.69, 9.17) is 0 Å². The van der Waals surface area contributed by atoms with Crippen LogP contribution in [0.3, 0.4) is 0 Å². The van der Waals surface area contributed by atoms with Crippen molar-refractivity contribution in [2.75, 3.05) is 19.6 Å². The lowest BCUT2D eigenvalue weighted by molar-refractivity contribution is -0.152. The Labute approximate surface area is 174 Å². The maximum atomic E-state index is 12.3. The Morgan fingerprint density at radius 2 is 1.76 bits per heavy atom. The highest BCUT2D eigenvalue weighted by Gasteiger charge is 2.39. The van der Waals surface area contributed by atoms with Crippen molar-refractivity contribution in [3.8, 4) is 5.75 Å². The molecule has 158 valence electrons. The van der Waals surface area contributed by atoms with Crippen LogP contribution in [0.25, 0.3) is 0 Å². The van der Waals surface area contributed by atoms with E-state index in [9.17, 15) is 14.7 Å². The second-order valence-electron chi connectivity index (χ2n) is 9.90. The smallest absolute Gasteiger partial charge is 0.229 e. The summed E-state index contributed by atoms with van der Waals surface area (Å²) < 4.78 is 0. The van der Waals surface area contributed by atoms with E-state index in [0.717, 1.165) is 50.8 Å². The third kappa shape index (κ3) is 4.20. The lowest BCUT2D eigenvalue weighted by atomic mass is 9.79. The van der Waals surface area contributed by atoms with Crippen LogP contribution in [0, 0.1) is 5.41 Å². The van der Waals surface area contributed by atoms with Crippen LogP contribution in [0.4, 0.5) is 0 Å². The summed E-state index contributed by atoms with van der Waals surface area (Å²) in [6, 6.07) is 6.58. The molecule has 5 nitrogen and oxygen atoms in total. The third-order valence-corrected chi connectivity index (χ3v) is 7.13. The van der Waals surface area contributed by atoms with Crippen LogP contribution in [-0.2, 0) is 16.0 Å². The normalized spacial score (nSPS) is 26.5. The van der Waals surface area contributed by atoms with E-state index in [0.29, 0.717) is 37.1 Å². The highest BCUT2D eigenvalue weighted by molar-refractivity contribution is 5.98. The predicted molar refractivity (Wildman–Crippen MR) is 113 cm³/mol. The van der Waals surface area contributed by atoms with Gasteiger partial charge in [0.1, 0.15) is 5.75 Å². The number of likely N-dealkylation sites (tertiary alicyclic amines) is 2. The van der Waals surface area contributed by atoms with Gasteiger partial charge in [0, 0.05) is 31.3 Å². The number of rotatable bonds is 6. The molecule has 3 aliphatic rings. The molecule has 1 aromatic rings. The van der Waals surface area contributed by atoms with Crippen LogP contribution in [0.5, 0.6) is 5.75 Å². The summed E-state index contributed by atoms with van der Waals surface area (Å²) in [5.74, 6) is 1.01. The molecule has 0 unspecified atom stereocenters. The van der Waals surface area contributed by atoms with Crippen molar-refractivity contribution < 1.29 is 14.7 Å².